The van der Waals surface area contributed by atoms with Gasteiger partial charge in [0.1, 0.15) is 5.75 Å². The summed E-state index contributed by atoms with van der Waals surface area (Å²) < 4.78 is 5.22. The maximum atomic E-state index is 12.9. The van der Waals surface area contributed by atoms with Crippen LogP contribution in [0.1, 0.15) is 36.0 Å². The molecule has 1 aromatic carbocycles. The number of amides is 1. The van der Waals surface area contributed by atoms with Crippen LogP contribution in [0.5, 0.6) is 5.75 Å². The predicted molar refractivity (Wildman–Crippen MR) is 97.3 cm³/mol. The molecule has 2 rings (SSSR count). The van der Waals surface area contributed by atoms with Crippen molar-refractivity contribution in [2.75, 3.05) is 25.9 Å². The van der Waals surface area contributed by atoms with Gasteiger partial charge in [0, 0.05) is 23.5 Å². The van der Waals surface area contributed by atoms with Crippen molar-refractivity contribution < 1.29 is 9.53 Å². The largest absolute Gasteiger partial charge is 0.497 e. The van der Waals surface area contributed by atoms with Crippen LogP contribution in [0.25, 0.3) is 11.1 Å². The third-order valence-corrected chi connectivity index (χ3v) is 5.14. The van der Waals surface area contributed by atoms with Crippen LogP contribution in [0.4, 0.5) is 5.00 Å². The van der Waals surface area contributed by atoms with E-state index in [-0.39, 0.29) is 5.91 Å². The molecule has 1 amide bonds. The summed E-state index contributed by atoms with van der Waals surface area (Å²) in [5.74, 6) is 0.806. The first-order valence-corrected chi connectivity index (χ1v) is 8.73. The molecule has 0 aliphatic rings. The highest BCUT2D eigenvalue weighted by molar-refractivity contribution is 7.17. The second-order valence-corrected chi connectivity index (χ2v) is 6.34. The minimum Gasteiger partial charge on any atom is -0.497 e. The number of nitrogens with zero attached hydrogens (tertiary/aromatic N) is 1. The Hall–Kier alpha value is -2.01. The second kappa shape index (κ2) is 7.51. The van der Waals surface area contributed by atoms with E-state index in [1.807, 2.05) is 43.0 Å². The number of rotatable bonds is 6. The summed E-state index contributed by atoms with van der Waals surface area (Å²) in [6, 6.07) is 7.79. The van der Waals surface area contributed by atoms with Crippen LogP contribution in [-0.2, 0) is 6.42 Å². The Labute approximate surface area is 141 Å². The van der Waals surface area contributed by atoms with E-state index in [9.17, 15) is 4.79 Å². The summed E-state index contributed by atoms with van der Waals surface area (Å²) in [4.78, 5) is 15.9. The quantitative estimate of drug-likeness (QED) is 0.868. The zero-order chi connectivity index (χ0) is 17.0. The Morgan fingerprint density at radius 2 is 1.78 bits per heavy atom. The molecule has 2 N–H and O–H groups in total. The van der Waals surface area contributed by atoms with Crippen molar-refractivity contribution in [3.63, 3.8) is 0 Å². The van der Waals surface area contributed by atoms with Crippen molar-refractivity contribution in [2.45, 2.75) is 27.2 Å². The van der Waals surface area contributed by atoms with Gasteiger partial charge in [-0.15, -0.1) is 11.3 Å². The number of hydrogen-bond donors (Lipinski definition) is 1. The van der Waals surface area contributed by atoms with Crippen LogP contribution in [0.15, 0.2) is 24.3 Å². The van der Waals surface area contributed by atoms with E-state index in [0.29, 0.717) is 23.7 Å². The summed E-state index contributed by atoms with van der Waals surface area (Å²) in [5, 5.41) is 0.601. The average Bonchev–Trinajstić information content (AvgIpc) is 2.92. The number of thiophene rings is 1. The fraction of sp³-hybridized carbons (Fsp3) is 0.389. The summed E-state index contributed by atoms with van der Waals surface area (Å²) in [5.41, 5.74) is 8.82. The summed E-state index contributed by atoms with van der Waals surface area (Å²) in [7, 11) is 1.64. The number of nitrogens with two attached hydrogens (primary N) is 1. The molecule has 0 unspecified atom stereocenters. The number of carbonyl (C=O) groups excluding carboxylic acids is 1. The number of ether oxygens (including phenoxy) is 1. The predicted octanol–water partition coefficient (Wildman–Crippen LogP) is 4.05. The lowest BCUT2D eigenvalue weighted by molar-refractivity contribution is 0.0775. The maximum Gasteiger partial charge on any atom is 0.257 e. The molecule has 1 heterocycles. The van der Waals surface area contributed by atoms with Gasteiger partial charge in [0.2, 0.25) is 0 Å². The Kier molecular flexibility index (Phi) is 5.66. The molecule has 4 nitrogen and oxygen atoms in total. The fourth-order valence-corrected chi connectivity index (χ4v) is 3.71. The van der Waals surface area contributed by atoms with E-state index >= 15 is 0 Å². The Morgan fingerprint density at radius 3 is 2.26 bits per heavy atom. The Balaban J connectivity index is 2.58. The molecule has 0 spiro atoms. The monoisotopic (exact) mass is 332 g/mol. The zero-order valence-electron chi connectivity index (χ0n) is 14.2. The number of anilines is 1. The van der Waals surface area contributed by atoms with Gasteiger partial charge in [0.05, 0.1) is 17.7 Å². The first-order chi connectivity index (χ1) is 11.1. The first-order valence-electron chi connectivity index (χ1n) is 7.92. The number of benzene rings is 1. The fourth-order valence-electron chi connectivity index (χ4n) is 2.69. The van der Waals surface area contributed by atoms with Crippen molar-refractivity contribution in [2.24, 2.45) is 0 Å². The van der Waals surface area contributed by atoms with Gasteiger partial charge in [-0.3, -0.25) is 4.79 Å². The lowest BCUT2D eigenvalue weighted by atomic mass is 9.99. The smallest absolute Gasteiger partial charge is 0.257 e. The second-order valence-electron chi connectivity index (χ2n) is 5.20. The molecule has 0 fully saturated rings. The Morgan fingerprint density at radius 1 is 1.17 bits per heavy atom. The van der Waals surface area contributed by atoms with E-state index in [1.165, 1.54) is 11.3 Å². The zero-order valence-corrected chi connectivity index (χ0v) is 15.0. The van der Waals surface area contributed by atoms with Gasteiger partial charge in [-0.2, -0.15) is 0 Å². The van der Waals surface area contributed by atoms with Crippen LogP contribution < -0.4 is 10.5 Å². The first kappa shape index (κ1) is 17.3. The summed E-state index contributed by atoms with van der Waals surface area (Å²) >= 11 is 1.51. The van der Waals surface area contributed by atoms with Gasteiger partial charge in [-0.05, 0) is 38.0 Å². The van der Waals surface area contributed by atoms with E-state index < -0.39 is 0 Å². The van der Waals surface area contributed by atoms with E-state index in [4.69, 9.17) is 10.5 Å². The maximum absolute atomic E-state index is 12.9. The number of nitrogen functional groups attached to an aromatic ring is 1. The highest BCUT2D eigenvalue weighted by atomic mass is 32.1. The molecule has 0 saturated carbocycles. The molecule has 23 heavy (non-hydrogen) atoms. The Bertz CT molecular complexity index is 673. The molecule has 1 aromatic heterocycles. The number of carbonyl (C=O) groups is 1. The average molecular weight is 332 g/mol. The lowest BCUT2D eigenvalue weighted by Gasteiger charge is -2.19. The molecular formula is C18H24N2O2S. The van der Waals surface area contributed by atoms with Crippen LogP contribution in [0, 0.1) is 0 Å². The van der Waals surface area contributed by atoms with Crippen LogP contribution >= 0.6 is 11.3 Å². The molecule has 2 aromatic rings. The highest BCUT2D eigenvalue weighted by Crippen LogP contribution is 2.40. The van der Waals surface area contributed by atoms with Crippen molar-refractivity contribution in [3.05, 3.63) is 34.7 Å². The normalized spacial score (nSPS) is 10.6. The lowest BCUT2D eigenvalue weighted by Crippen LogP contribution is -2.31. The van der Waals surface area contributed by atoms with Gasteiger partial charge >= 0.3 is 0 Å². The minimum absolute atomic E-state index is 0.00858. The molecule has 0 atom stereocenters. The van der Waals surface area contributed by atoms with Crippen LogP contribution in [0.2, 0.25) is 0 Å². The molecule has 5 heteroatoms. The third kappa shape index (κ3) is 3.34. The van der Waals surface area contributed by atoms with Gasteiger partial charge in [0.15, 0.2) is 0 Å². The number of aryl methyl sites for hydroxylation is 1. The molecule has 0 radical (unpaired) electrons. The summed E-state index contributed by atoms with van der Waals surface area (Å²) in [6.07, 6.45) is 0.849. The van der Waals surface area contributed by atoms with Crippen molar-refractivity contribution in [1.29, 1.82) is 0 Å². The molecule has 0 aliphatic heterocycles. The van der Waals surface area contributed by atoms with Gasteiger partial charge in [0.25, 0.3) is 5.91 Å². The topological polar surface area (TPSA) is 55.6 Å². The third-order valence-electron chi connectivity index (χ3n) is 3.97. The minimum atomic E-state index is 0.00858. The van der Waals surface area contributed by atoms with Gasteiger partial charge < -0.3 is 15.4 Å². The highest BCUT2D eigenvalue weighted by Gasteiger charge is 2.25. The molecular weight excluding hydrogens is 308 g/mol. The molecule has 124 valence electrons. The van der Waals surface area contributed by atoms with Crippen molar-refractivity contribution >= 4 is 22.2 Å². The van der Waals surface area contributed by atoms with Crippen LogP contribution in [0.3, 0.4) is 0 Å². The van der Waals surface area contributed by atoms with Crippen molar-refractivity contribution in [1.82, 2.24) is 4.90 Å². The van der Waals surface area contributed by atoms with E-state index in [0.717, 1.165) is 28.2 Å². The molecule has 0 aliphatic carbocycles. The molecule has 0 bridgehead atoms. The molecule has 0 saturated heterocycles. The van der Waals surface area contributed by atoms with Crippen LogP contribution in [-0.4, -0.2) is 31.0 Å². The van der Waals surface area contributed by atoms with E-state index in [1.54, 1.807) is 7.11 Å². The standard InChI is InChI=1S/C18H24N2O2S/c1-5-14-15(12-8-10-13(22-4)11-9-12)16(17(19)23-14)18(21)20(6-2)7-3/h8-11H,5-7,19H2,1-4H3. The number of hydrogen-bond acceptors (Lipinski definition) is 4. The van der Waals surface area contributed by atoms with Gasteiger partial charge in [-0.1, -0.05) is 19.1 Å². The van der Waals surface area contributed by atoms with Crippen molar-refractivity contribution in [3.8, 4) is 16.9 Å². The SMILES string of the molecule is CCc1sc(N)c(C(=O)N(CC)CC)c1-c1ccc(OC)cc1. The van der Waals surface area contributed by atoms with E-state index in [2.05, 4.69) is 6.92 Å². The number of methoxy groups -OCH3 is 1. The van der Waals surface area contributed by atoms with Gasteiger partial charge in [-0.25, -0.2) is 0 Å². The summed E-state index contributed by atoms with van der Waals surface area (Å²) in [6.45, 7) is 7.40.